The van der Waals surface area contributed by atoms with Crippen LogP contribution in [0.15, 0.2) is 0 Å². The Morgan fingerprint density at radius 3 is 1.25 bits per heavy atom. The van der Waals surface area contributed by atoms with Gasteiger partial charge in [-0.3, -0.25) is 13.8 Å². The summed E-state index contributed by atoms with van der Waals surface area (Å²) in [5, 5.41) is 18.3. The third-order valence-electron chi connectivity index (χ3n) is 9.79. The summed E-state index contributed by atoms with van der Waals surface area (Å²) < 4.78 is 33.2. The van der Waals surface area contributed by atoms with Crippen LogP contribution in [0.5, 0.6) is 0 Å². The van der Waals surface area contributed by atoms with E-state index in [0.29, 0.717) is 6.61 Å². The summed E-state index contributed by atoms with van der Waals surface area (Å²) >= 11 is 0. The van der Waals surface area contributed by atoms with Crippen molar-refractivity contribution in [2.24, 2.45) is 0 Å². The molecule has 3 N–H and O–H groups in total. The predicted octanol–water partition coefficient (Wildman–Crippen LogP) is 11.9. The van der Waals surface area contributed by atoms with Crippen molar-refractivity contribution in [3.8, 4) is 0 Å². The van der Waals surface area contributed by atoms with Gasteiger partial charge in [-0.1, -0.05) is 200 Å². The highest BCUT2D eigenvalue weighted by Gasteiger charge is 2.26. The number of rotatable bonds is 43. The summed E-state index contributed by atoms with van der Waals surface area (Å²) in [6.45, 7) is 3.52. The molecule has 10 heteroatoms. The Balaban J connectivity index is 3.86. The molecule has 0 rings (SSSR count). The van der Waals surface area contributed by atoms with Crippen LogP contribution < -0.4 is 0 Å². The first kappa shape index (κ1) is 51.5. The number of aliphatic hydroxyl groups is 2. The lowest BCUT2D eigenvalue weighted by atomic mass is 10.0. The van der Waals surface area contributed by atoms with Crippen LogP contribution in [-0.2, 0) is 27.9 Å². The van der Waals surface area contributed by atoms with Crippen molar-refractivity contribution in [1.82, 2.24) is 0 Å². The first-order valence-corrected chi connectivity index (χ1v) is 23.5. The number of hydrogen-bond donors (Lipinski definition) is 3. The van der Waals surface area contributed by atoms with Gasteiger partial charge in [0.25, 0.3) is 0 Å². The van der Waals surface area contributed by atoms with Crippen LogP contribution in [-0.4, -0.2) is 66.3 Å². The Morgan fingerprint density at radius 1 is 0.519 bits per heavy atom. The number of carbonyl (C=O) groups is 1. The molecule has 312 valence electrons. The fourth-order valence-corrected chi connectivity index (χ4v) is 7.21. The van der Waals surface area contributed by atoms with E-state index in [0.717, 1.165) is 32.1 Å². The van der Waals surface area contributed by atoms with Crippen LogP contribution in [0.1, 0.15) is 219 Å². The second kappa shape index (κ2) is 40.1. The lowest BCUT2D eigenvalue weighted by Gasteiger charge is -2.20. The maximum Gasteiger partial charge on any atom is 0.472 e. The Hall–Kier alpha value is -0.540. The zero-order valence-corrected chi connectivity index (χ0v) is 35.0. The van der Waals surface area contributed by atoms with Gasteiger partial charge < -0.3 is 24.6 Å². The first-order valence-electron chi connectivity index (χ1n) is 22.0. The smallest absolute Gasteiger partial charge is 0.457 e. The van der Waals surface area contributed by atoms with E-state index in [1.165, 1.54) is 167 Å². The third-order valence-corrected chi connectivity index (χ3v) is 10.7. The quantitative estimate of drug-likeness (QED) is 0.0315. The van der Waals surface area contributed by atoms with Gasteiger partial charge in [0, 0.05) is 13.0 Å². The minimum atomic E-state index is -4.50. The molecule has 52 heavy (non-hydrogen) atoms. The van der Waals surface area contributed by atoms with Crippen LogP contribution in [0, 0.1) is 0 Å². The van der Waals surface area contributed by atoms with Crippen LogP contribution >= 0.6 is 7.82 Å². The zero-order chi connectivity index (χ0) is 38.2. The molecule has 0 aliphatic rings. The standard InChI is InChI=1S/C42H85O9P/c1-3-5-7-9-11-12-13-14-15-16-17-18-19-20-21-22-23-24-25-26-27-29-31-33-35-48-38-41(39-50-52(46,47)49-37-40(44)36-43)51-42(45)34-32-30-28-10-8-6-4-2/h40-41,43-44H,3-39H2,1-2H3,(H,46,47). The number of carbonyl (C=O) groups excluding carboxylic acids is 1. The number of ether oxygens (including phenoxy) is 2. The van der Waals surface area contributed by atoms with E-state index in [-0.39, 0.29) is 25.6 Å². The van der Waals surface area contributed by atoms with E-state index in [1.807, 2.05) is 0 Å². The van der Waals surface area contributed by atoms with Gasteiger partial charge in [-0.25, -0.2) is 4.57 Å². The summed E-state index contributed by atoms with van der Waals surface area (Å²) in [5.74, 6) is -0.384. The summed E-state index contributed by atoms with van der Waals surface area (Å²) in [4.78, 5) is 22.4. The van der Waals surface area contributed by atoms with Crippen molar-refractivity contribution in [3.05, 3.63) is 0 Å². The lowest BCUT2D eigenvalue weighted by Crippen LogP contribution is -2.29. The molecule has 0 saturated heterocycles. The third kappa shape index (κ3) is 39.2. The lowest BCUT2D eigenvalue weighted by molar-refractivity contribution is -0.154. The molecule has 0 fully saturated rings. The normalized spacial score (nSPS) is 14.0. The van der Waals surface area contributed by atoms with Crippen molar-refractivity contribution in [3.63, 3.8) is 0 Å². The maximum atomic E-state index is 12.5. The number of phosphoric ester groups is 1. The van der Waals surface area contributed by atoms with Crippen LogP contribution in [0.4, 0.5) is 0 Å². The SMILES string of the molecule is CCCCCCCCCCCCCCCCCCCCCCCCCCOCC(COP(=O)(O)OCC(O)CO)OC(=O)CCCCCCCCC. The Kier molecular flexibility index (Phi) is 39.7. The molecule has 0 bridgehead atoms. The molecule has 3 unspecified atom stereocenters. The summed E-state index contributed by atoms with van der Waals surface area (Å²) in [5.41, 5.74) is 0. The van der Waals surface area contributed by atoms with E-state index < -0.39 is 33.2 Å². The molecule has 0 amide bonds. The van der Waals surface area contributed by atoms with Crippen LogP contribution in [0.2, 0.25) is 0 Å². The van der Waals surface area contributed by atoms with Gasteiger partial charge in [0.2, 0.25) is 0 Å². The van der Waals surface area contributed by atoms with E-state index in [1.54, 1.807) is 0 Å². The minimum Gasteiger partial charge on any atom is -0.457 e. The van der Waals surface area contributed by atoms with E-state index in [4.69, 9.17) is 23.6 Å². The average molecular weight is 765 g/mol. The molecule has 0 aromatic rings. The Labute approximate surface area is 320 Å². The van der Waals surface area contributed by atoms with Crippen molar-refractivity contribution in [2.75, 3.05) is 33.0 Å². The first-order chi connectivity index (χ1) is 25.3. The average Bonchev–Trinajstić information content (AvgIpc) is 3.13. The molecule has 0 aliphatic carbocycles. The molecule has 0 saturated carbocycles. The summed E-state index contributed by atoms with van der Waals surface area (Å²) in [6.07, 6.45) is 38.2. The topological polar surface area (TPSA) is 132 Å². The van der Waals surface area contributed by atoms with Gasteiger partial charge >= 0.3 is 13.8 Å². The van der Waals surface area contributed by atoms with E-state index in [2.05, 4.69) is 13.8 Å². The molecule has 9 nitrogen and oxygen atoms in total. The van der Waals surface area contributed by atoms with Crippen molar-refractivity contribution in [1.29, 1.82) is 0 Å². The van der Waals surface area contributed by atoms with Crippen molar-refractivity contribution >= 4 is 13.8 Å². The molecule has 0 aliphatic heterocycles. The van der Waals surface area contributed by atoms with Gasteiger partial charge in [0.15, 0.2) is 0 Å². The molecular weight excluding hydrogens is 679 g/mol. The van der Waals surface area contributed by atoms with E-state index >= 15 is 0 Å². The highest BCUT2D eigenvalue weighted by Crippen LogP contribution is 2.43. The fraction of sp³-hybridized carbons (Fsp3) is 0.976. The molecule has 0 heterocycles. The second-order valence-corrected chi connectivity index (χ2v) is 16.5. The number of hydrogen-bond acceptors (Lipinski definition) is 8. The molecule has 0 aromatic carbocycles. The Morgan fingerprint density at radius 2 is 0.865 bits per heavy atom. The minimum absolute atomic E-state index is 0.0569. The van der Waals surface area contributed by atoms with E-state index in [9.17, 15) is 19.4 Å². The number of aliphatic hydroxyl groups excluding tert-OH is 2. The van der Waals surface area contributed by atoms with Gasteiger partial charge in [-0.15, -0.1) is 0 Å². The monoisotopic (exact) mass is 765 g/mol. The molecule has 3 atom stereocenters. The number of esters is 1. The highest BCUT2D eigenvalue weighted by atomic mass is 31.2. The summed E-state index contributed by atoms with van der Waals surface area (Å²) in [7, 11) is -4.50. The number of phosphoric acid groups is 1. The van der Waals surface area contributed by atoms with Gasteiger partial charge in [-0.05, 0) is 12.8 Å². The maximum absolute atomic E-state index is 12.5. The fourth-order valence-electron chi connectivity index (χ4n) is 6.42. The van der Waals surface area contributed by atoms with Gasteiger partial charge in [0.1, 0.15) is 12.2 Å². The molecule has 0 aromatic heterocycles. The second-order valence-electron chi connectivity index (χ2n) is 15.1. The Bertz CT molecular complexity index is 785. The largest absolute Gasteiger partial charge is 0.472 e. The van der Waals surface area contributed by atoms with Gasteiger partial charge in [-0.2, -0.15) is 0 Å². The van der Waals surface area contributed by atoms with Gasteiger partial charge in [0.05, 0.1) is 26.4 Å². The van der Waals surface area contributed by atoms with Crippen LogP contribution in [0.25, 0.3) is 0 Å². The molecule has 0 spiro atoms. The highest BCUT2D eigenvalue weighted by molar-refractivity contribution is 7.47. The summed E-state index contributed by atoms with van der Waals surface area (Å²) in [6, 6.07) is 0. The molecule has 0 radical (unpaired) electrons. The molecular formula is C42H85O9P. The predicted molar refractivity (Wildman–Crippen MR) is 215 cm³/mol. The zero-order valence-electron chi connectivity index (χ0n) is 34.1. The number of unbranched alkanes of at least 4 members (excludes halogenated alkanes) is 29. The van der Waals surface area contributed by atoms with Crippen molar-refractivity contribution in [2.45, 2.75) is 232 Å². The van der Waals surface area contributed by atoms with Crippen LogP contribution in [0.3, 0.4) is 0 Å². The van der Waals surface area contributed by atoms with Crippen molar-refractivity contribution < 1.29 is 43.0 Å².